The molecule has 0 N–H and O–H groups in total. The Bertz CT molecular complexity index is 1440. The van der Waals surface area contributed by atoms with E-state index in [1.807, 2.05) is 0 Å². The highest BCUT2D eigenvalue weighted by Gasteiger charge is 2.73. The summed E-state index contributed by atoms with van der Waals surface area (Å²) < 4.78 is 150. The van der Waals surface area contributed by atoms with Crippen LogP contribution < -0.4 is 8.01 Å². The van der Waals surface area contributed by atoms with Gasteiger partial charge >= 0.3 is 24.2 Å². The van der Waals surface area contributed by atoms with Crippen LogP contribution in [0.15, 0.2) is 60.9 Å². The minimum absolute atomic E-state index is 0.0122. The van der Waals surface area contributed by atoms with Gasteiger partial charge in [-0.25, -0.2) is 11.9 Å². The third-order valence-electron chi connectivity index (χ3n) is 5.65. The average Bonchev–Trinajstić information content (AvgIpc) is 2.89. The van der Waals surface area contributed by atoms with Crippen molar-refractivity contribution in [1.29, 1.82) is 0 Å². The van der Waals surface area contributed by atoms with Gasteiger partial charge in [0.15, 0.2) is 5.82 Å². The standard InChI is InChI=1S/C24H13F11IN3O2/c1-38(19(40)12-4-3-9-37-11-12)17-6-2-5-14(18(17)25)20(41)39(36)16-8-7-13(10-15(16)22(27,28)29)21(26,23(30,31)32)24(33,34)35/h2-11H,1H3. The van der Waals surface area contributed by atoms with Gasteiger partial charge in [-0.3, -0.25) is 14.6 Å². The second-order valence-corrected chi connectivity index (χ2v) is 9.18. The number of aromatic nitrogens is 1. The fourth-order valence-corrected chi connectivity index (χ4v) is 4.27. The fraction of sp³-hybridized carbons (Fsp3) is 0.208. The summed E-state index contributed by atoms with van der Waals surface area (Å²) in [6.07, 6.45) is -16.6. The van der Waals surface area contributed by atoms with Gasteiger partial charge in [-0.05, 0) is 36.4 Å². The van der Waals surface area contributed by atoms with E-state index in [9.17, 15) is 53.5 Å². The number of nitrogens with zero attached hydrogens (tertiary/aromatic N) is 3. The summed E-state index contributed by atoms with van der Waals surface area (Å²) in [6, 6.07) is 4.79. The quantitative estimate of drug-likeness (QED) is 0.154. The molecule has 0 saturated carbocycles. The number of amides is 2. The SMILES string of the molecule is CN(C(=O)c1cccnc1)c1cccc(C(=O)N(I)c2ccc(C(F)(C(F)(F)F)C(F)(F)F)cc2C(F)(F)F)c1F. The van der Waals surface area contributed by atoms with Crippen LogP contribution in [-0.2, 0) is 11.8 Å². The zero-order chi connectivity index (χ0) is 31.1. The summed E-state index contributed by atoms with van der Waals surface area (Å²) in [4.78, 5) is 30.2. The van der Waals surface area contributed by atoms with E-state index < -0.39 is 76.0 Å². The van der Waals surface area contributed by atoms with Crippen LogP contribution in [0.1, 0.15) is 31.8 Å². The largest absolute Gasteiger partial charge is 0.435 e. The maximum absolute atomic E-state index is 15.4. The number of halogens is 12. The van der Waals surface area contributed by atoms with Gasteiger partial charge in [0.2, 0.25) is 0 Å². The molecule has 220 valence electrons. The zero-order valence-corrected chi connectivity index (χ0v) is 22.1. The predicted molar refractivity (Wildman–Crippen MR) is 131 cm³/mol. The summed E-state index contributed by atoms with van der Waals surface area (Å²) in [7, 11) is 1.12. The molecular weight excluding hydrogens is 698 g/mol. The molecule has 3 aromatic rings. The third-order valence-corrected chi connectivity index (χ3v) is 6.61. The minimum atomic E-state index is -6.70. The lowest BCUT2D eigenvalue weighted by atomic mass is 9.92. The molecule has 0 spiro atoms. The Labute approximate surface area is 237 Å². The smallest absolute Gasteiger partial charge is 0.309 e. The molecule has 0 radical (unpaired) electrons. The van der Waals surface area contributed by atoms with E-state index in [-0.39, 0.29) is 20.8 Å². The molecule has 0 saturated heterocycles. The lowest BCUT2D eigenvalue weighted by molar-refractivity contribution is -0.348. The van der Waals surface area contributed by atoms with Crippen molar-refractivity contribution >= 4 is 46.1 Å². The molecular formula is C24H13F11IN3O2. The molecule has 1 aromatic heterocycles. The predicted octanol–water partition coefficient (Wildman–Crippen LogP) is 7.80. The van der Waals surface area contributed by atoms with Gasteiger partial charge in [0.05, 0.1) is 50.9 Å². The van der Waals surface area contributed by atoms with Crippen molar-refractivity contribution in [2.45, 2.75) is 24.2 Å². The Balaban J connectivity index is 2.09. The fourth-order valence-electron chi connectivity index (χ4n) is 3.59. The van der Waals surface area contributed by atoms with Crippen molar-refractivity contribution in [2.24, 2.45) is 0 Å². The molecule has 0 fully saturated rings. The van der Waals surface area contributed by atoms with Crippen molar-refractivity contribution in [3.05, 3.63) is 89.0 Å². The summed E-state index contributed by atoms with van der Waals surface area (Å²) in [5.74, 6) is -3.71. The first-order chi connectivity index (χ1) is 18.7. The van der Waals surface area contributed by atoms with Crippen LogP contribution in [0.4, 0.5) is 59.7 Å². The van der Waals surface area contributed by atoms with E-state index >= 15 is 4.39 Å². The number of carbonyl (C=O) groups is 2. The third kappa shape index (κ3) is 5.94. The highest BCUT2D eigenvalue weighted by molar-refractivity contribution is 14.1. The number of hydrogen-bond donors (Lipinski definition) is 0. The second-order valence-electron chi connectivity index (χ2n) is 8.21. The van der Waals surface area contributed by atoms with Gasteiger partial charge in [0, 0.05) is 25.0 Å². The first-order valence-corrected chi connectivity index (χ1v) is 11.7. The molecule has 17 heteroatoms. The molecule has 0 aliphatic carbocycles. The van der Waals surface area contributed by atoms with E-state index in [0.717, 1.165) is 59.2 Å². The molecule has 0 unspecified atom stereocenters. The first kappa shape index (κ1) is 32.0. The van der Waals surface area contributed by atoms with Crippen LogP contribution in [0, 0.1) is 5.82 Å². The molecule has 0 bridgehead atoms. The van der Waals surface area contributed by atoms with Crippen molar-refractivity contribution in [2.75, 3.05) is 15.1 Å². The lowest BCUT2D eigenvalue weighted by Crippen LogP contribution is -2.50. The van der Waals surface area contributed by atoms with Crippen LogP contribution in [0.2, 0.25) is 0 Å². The molecule has 5 nitrogen and oxygen atoms in total. The molecule has 0 aliphatic rings. The monoisotopic (exact) mass is 711 g/mol. The maximum Gasteiger partial charge on any atom is 0.435 e. The van der Waals surface area contributed by atoms with Gasteiger partial charge in [0.25, 0.3) is 11.8 Å². The van der Waals surface area contributed by atoms with E-state index in [1.54, 1.807) is 0 Å². The highest BCUT2D eigenvalue weighted by Crippen LogP contribution is 2.54. The Kier molecular flexibility index (Phi) is 8.63. The van der Waals surface area contributed by atoms with Crippen LogP contribution in [0.25, 0.3) is 0 Å². The van der Waals surface area contributed by atoms with Gasteiger partial charge in [-0.1, -0.05) is 12.1 Å². The first-order valence-electron chi connectivity index (χ1n) is 10.7. The van der Waals surface area contributed by atoms with E-state index in [0.29, 0.717) is 0 Å². The summed E-state index contributed by atoms with van der Waals surface area (Å²) in [5, 5.41) is 0. The number of pyridine rings is 1. The molecule has 41 heavy (non-hydrogen) atoms. The number of benzene rings is 2. The Morgan fingerprint density at radius 1 is 0.805 bits per heavy atom. The van der Waals surface area contributed by atoms with E-state index in [1.165, 1.54) is 18.3 Å². The van der Waals surface area contributed by atoms with Crippen LogP contribution in [-0.4, -0.2) is 36.2 Å². The van der Waals surface area contributed by atoms with Crippen molar-refractivity contribution < 1.29 is 57.9 Å². The van der Waals surface area contributed by atoms with Gasteiger partial charge < -0.3 is 4.90 Å². The number of anilines is 2. The van der Waals surface area contributed by atoms with Crippen LogP contribution in [0.5, 0.6) is 0 Å². The second kappa shape index (κ2) is 11.1. The number of carbonyl (C=O) groups excluding carboxylic acids is 2. The van der Waals surface area contributed by atoms with Crippen LogP contribution >= 0.6 is 22.9 Å². The molecule has 0 aliphatic heterocycles. The highest BCUT2D eigenvalue weighted by atomic mass is 127. The van der Waals surface area contributed by atoms with Crippen molar-refractivity contribution in [3.63, 3.8) is 0 Å². The summed E-state index contributed by atoms with van der Waals surface area (Å²) in [5.41, 5.74) is -13.6. The topological polar surface area (TPSA) is 53.5 Å². The Morgan fingerprint density at radius 3 is 1.93 bits per heavy atom. The van der Waals surface area contributed by atoms with Gasteiger partial charge in [-0.15, -0.1) is 0 Å². The molecule has 2 amide bonds. The number of hydrogen-bond acceptors (Lipinski definition) is 3. The number of alkyl halides is 10. The normalized spacial score (nSPS) is 12.7. The Hall–Kier alpha value is -3.51. The van der Waals surface area contributed by atoms with Crippen LogP contribution in [0.3, 0.4) is 0 Å². The number of rotatable bonds is 5. The van der Waals surface area contributed by atoms with E-state index in [2.05, 4.69) is 4.98 Å². The van der Waals surface area contributed by atoms with Gasteiger partial charge in [0.1, 0.15) is 0 Å². The van der Waals surface area contributed by atoms with Crippen molar-refractivity contribution in [3.8, 4) is 0 Å². The average molecular weight is 711 g/mol. The maximum atomic E-state index is 15.4. The molecule has 3 rings (SSSR count). The Morgan fingerprint density at radius 2 is 1.41 bits per heavy atom. The summed E-state index contributed by atoms with van der Waals surface area (Å²) >= 11 is 0.926. The van der Waals surface area contributed by atoms with Gasteiger partial charge in [-0.2, -0.15) is 39.5 Å². The van der Waals surface area contributed by atoms with Crippen molar-refractivity contribution in [1.82, 2.24) is 4.98 Å². The molecule has 2 aromatic carbocycles. The zero-order valence-electron chi connectivity index (χ0n) is 20.0. The molecule has 1 heterocycles. The summed E-state index contributed by atoms with van der Waals surface area (Å²) in [6.45, 7) is 0. The van der Waals surface area contributed by atoms with E-state index in [4.69, 9.17) is 0 Å². The molecule has 0 atom stereocenters. The minimum Gasteiger partial charge on any atom is -0.309 e. The lowest BCUT2D eigenvalue weighted by Gasteiger charge is -2.31.